The number of nitro benzene ring substituents is 1. The minimum atomic E-state index is -0.698. The average molecular weight is 318 g/mol. The van der Waals surface area contributed by atoms with E-state index in [0.717, 1.165) is 29.3 Å². The van der Waals surface area contributed by atoms with Gasteiger partial charge in [0.25, 0.3) is 5.91 Å². The Morgan fingerprint density at radius 2 is 1.96 bits per heavy atom. The first-order chi connectivity index (χ1) is 10.9. The van der Waals surface area contributed by atoms with Gasteiger partial charge in [-0.3, -0.25) is 14.9 Å². The van der Waals surface area contributed by atoms with E-state index in [-0.39, 0.29) is 5.75 Å². The lowest BCUT2D eigenvalue weighted by atomic mass is 10.1. The van der Waals surface area contributed by atoms with Crippen molar-refractivity contribution in [2.45, 2.75) is 13.8 Å². The topological polar surface area (TPSA) is 81.5 Å². The van der Waals surface area contributed by atoms with Gasteiger partial charge in [-0.2, -0.15) is 0 Å². The third-order valence-corrected chi connectivity index (χ3v) is 3.27. The fourth-order valence-electron chi connectivity index (χ4n) is 1.91. The molecule has 0 unspecified atom stereocenters. The van der Waals surface area contributed by atoms with Crippen LogP contribution in [0.25, 0.3) is 0 Å². The number of aryl methyl sites for hydroxylation is 2. The molecule has 0 heterocycles. The fourth-order valence-corrected chi connectivity index (χ4v) is 1.91. The van der Waals surface area contributed by atoms with Crippen LogP contribution in [-0.2, 0) is 4.79 Å². The lowest BCUT2D eigenvalue weighted by Gasteiger charge is -2.09. The maximum Gasteiger partial charge on any atom is 0.311 e. The van der Waals surface area contributed by atoms with E-state index in [4.69, 9.17) is 4.74 Å². The molecule has 23 heavy (non-hydrogen) atoms. The Morgan fingerprint density at radius 1 is 1.22 bits per heavy atom. The van der Waals surface area contributed by atoms with Gasteiger partial charge in [-0.05, 0) is 43.2 Å². The molecule has 0 aliphatic carbocycles. The summed E-state index contributed by atoms with van der Waals surface area (Å²) in [5.74, 6) is -1.46. The van der Waals surface area contributed by atoms with Gasteiger partial charge in [-0.15, -0.1) is 0 Å². The van der Waals surface area contributed by atoms with Gasteiger partial charge in [0.1, 0.15) is 5.82 Å². The summed E-state index contributed by atoms with van der Waals surface area (Å²) in [6, 6.07) is 8.24. The summed E-state index contributed by atoms with van der Waals surface area (Å²) in [7, 11) is 0. The van der Waals surface area contributed by atoms with Crippen molar-refractivity contribution < 1.29 is 18.8 Å². The van der Waals surface area contributed by atoms with Crippen LogP contribution in [0, 0.1) is 29.8 Å². The summed E-state index contributed by atoms with van der Waals surface area (Å²) in [5, 5.41) is 13.5. The summed E-state index contributed by atoms with van der Waals surface area (Å²) < 4.78 is 18.2. The molecular formula is C16H15FN2O4. The normalized spacial score (nSPS) is 10.2. The Hall–Kier alpha value is -2.96. The molecule has 0 radical (unpaired) electrons. The van der Waals surface area contributed by atoms with Gasteiger partial charge in [0, 0.05) is 17.8 Å². The molecule has 2 rings (SSSR count). The molecule has 2 aromatic rings. The number of nitro groups is 1. The highest BCUT2D eigenvalue weighted by Gasteiger charge is 2.17. The minimum absolute atomic E-state index is 0.287. The fraction of sp³-hybridized carbons (Fsp3) is 0.188. The monoisotopic (exact) mass is 318 g/mol. The van der Waals surface area contributed by atoms with Crippen molar-refractivity contribution in [3.8, 4) is 5.75 Å². The van der Waals surface area contributed by atoms with Crippen LogP contribution in [-0.4, -0.2) is 17.4 Å². The molecule has 7 heteroatoms. The van der Waals surface area contributed by atoms with Gasteiger partial charge in [-0.25, -0.2) is 4.39 Å². The predicted octanol–water partition coefficient (Wildman–Crippen LogP) is 3.37. The molecule has 0 spiro atoms. The van der Waals surface area contributed by atoms with E-state index in [1.807, 2.05) is 19.9 Å². The van der Waals surface area contributed by atoms with Crippen LogP contribution in [0.2, 0.25) is 0 Å². The highest BCUT2D eigenvalue weighted by Crippen LogP contribution is 2.27. The lowest BCUT2D eigenvalue weighted by Crippen LogP contribution is -2.20. The number of benzene rings is 2. The van der Waals surface area contributed by atoms with Crippen molar-refractivity contribution in [1.82, 2.24) is 0 Å². The molecular weight excluding hydrogens is 303 g/mol. The molecule has 0 aliphatic heterocycles. The van der Waals surface area contributed by atoms with E-state index in [9.17, 15) is 19.3 Å². The number of nitrogens with zero attached hydrogens (tertiary/aromatic N) is 1. The summed E-state index contributed by atoms with van der Waals surface area (Å²) in [6.45, 7) is 3.40. The second-order valence-electron chi connectivity index (χ2n) is 5.01. The second kappa shape index (κ2) is 6.87. The minimum Gasteiger partial charge on any atom is -0.477 e. The first-order valence-corrected chi connectivity index (χ1v) is 6.80. The Morgan fingerprint density at radius 3 is 2.61 bits per heavy atom. The second-order valence-corrected chi connectivity index (χ2v) is 5.01. The molecule has 0 bridgehead atoms. The molecule has 0 atom stereocenters. The zero-order valence-corrected chi connectivity index (χ0v) is 12.6. The van der Waals surface area contributed by atoms with Crippen molar-refractivity contribution in [2.75, 3.05) is 11.9 Å². The van der Waals surface area contributed by atoms with Gasteiger partial charge < -0.3 is 10.1 Å². The van der Waals surface area contributed by atoms with Gasteiger partial charge in [0.05, 0.1) is 4.92 Å². The molecule has 0 saturated carbocycles. The van der Waals surface area contributed by atoms with Gasteiger partial charge in [-0.1, -0.05) is 6.07 Å². The molecule has 0 saturated heterocycles. The van der Waals surface area contributed by atoms with E-state index in [1.54, 1.807) is 12.1 Å². The number of halogens is 1. The van der Waals surface area contributed by atoms with Crippen molar-refractivity contribution in [3.05, 3.63) is 63.5 Å². The first-order valence-electron chi connectivity index (χ1n) is 6.80. The Kier molecular flexibility index (Phi) is 4.90. The number of carbonyl (C=O) groups excluding carboxylic acids is 1. The zero-order valence-electron chi connectivity index (χ0n) is 12.6. The van der Waals surface area contributed by atoms with Crippen LogP contribution in [0.4, 0.5) is 15.8 Å². The molecule has 0 aliphatic rings. The Bertz CT molecular complexity index is 762. The number of anilines is 1. The van der Waals surface area contributed by atoms with Gasteiger partial charge >= 0.3 is 5.69 Å². The highest BCUT2D eigenvalue weighted by atomic mass is 19.1. The lowest BCUT2D eigenvalue weighted by molar-refractivity contribution is -0.385. The molecule has 1 amide bonds. The summed E-state index contributed by atoms with van der Waals surface area (Å²) in [4.78, 5) is 22.0. The van der Waals surface area contributed by atoms with Crippen LogP contribution >= 0.6 is 0 Å². The quantitative estimate of drug-likeness (QED) is 0.677. The van der Waals surface area contributed by atoms with Crippen LogP contribution in [0.15, 0.2) is 36.4 Å². The molecule has 1 N–H and O–H groups in total. The smallest absolute Gasteiger partial charge is 0.311 e. The third kappa shape index (κ3) is 4.26. The van der Waals surface area contributed by atoms with Crippen molar-refractivity contribution >= 4 is 17.3 Å². The molecule has 0 fully saturated rings. The van der Waals surface area contributed by atoms with Crippen LogP contribution < -0.4 is 10.1 Å². The van der Waals surface area contributed by atoms with Crippen LogP contribution in [0.3, 0.4) is 0 Å². The van der Waals surface area contributed by atoms with Crippen LogP contribution in [0.1, 0.15) is 11.1 Å². The van der Waals surface area contributed by atoms with E-state index in [2.05, 4.69) is 5.32 Å². The Balaban J connectivity index is 2.03. The maximum atomic E-state index is 13.2. The van der Waals surface area contributed by atoms with E-state index in [1.165, 1.54) is 0 Å². The van der Waals surface area contributed by atoms with Gasteiger partial charge in [0.2, 0.25) is 5.75 Å². The van der Waals surface area contributed by atoms with Gasteiger partial charge in [0.15, 0.2) is 6.61 Å². The molecule has 120 valence electrons. The van der Waals surface area contributed by atoms with E-state index in [0.29, 0.717) is 5.69 Å². The molecule has 6 nitrogen and oxygen atoms in total. The number of carbonyl (C=O) groups is 1. The zero-order chi connectivity index (χ0) is 17.0. The number of nitrogens with one attached hydrogen (secondary N) is 1. The van der Waals surface area contributed by atoms with E-state index < -0.39 is 28.9 Å². The van der Waals surface area contributed by atoms with Crippen LogP contribution in [0.5, 0.6) is 5.75 Å². The number of amides is 1. The first kappa shape index (κ1) is 16.4. The Labute approximate surface area is 132 Å². The summed E-state index contributed by atoms with van der Waals surface area (Å²) >= 11 is 0. The average Bonchev–Trinajstić information content (AvgIpc) is 2.48. The third-order valence-electron chi connectivity index (χ3n) is 3.27. The van der Waals surface area contributed by atoms with Crippen molar-refractivity contribution in [1.29, 1.82) is 0 Å². The predicted molar refractivity (Wildman–Crippen MR) is 83.1 cm³/mol. The summed E-state index contributed by atoms with van der Waals surface area (Å²) in [5.41, 5.74) is 2.31. The molecule has 0 aromatic heterocycles. The van der Waals surface area contributed by atoms with Crippen molar-refractivity contribution in [3.63, 3.8) is 0 Å². The highest BCUT2D eigenvalue weighted by molar-refractivity contribution is 5.92. The maximum absolute atomic E-state index is 13.2. The standard InChI is InChI=1S/C16H15FN2O4/c1-10-3-5-13(7-11(10)2)18-16(20)9-23-15-8-12(17)4-6-14(15)19(21)22/h3-8H,9H2,1-2H3,(H,18,20). The van der Waals surface area contributed by atoms with Crippen molar-refractivity contribution in [2.24, 2.45) is 0 Å². The number of rotatable bonds is 5. The van der Waals surface area contributed by atoms with E-state index >= 15 is 0 Å². The number of ether oxygens (including phenoxy) is 1. The number of hydrogen-bond acceptors (Lipinski definition) is 4. The molecule has 2 aromatic carbocycles. The largest absolute Gasteiger partial charge is 0.477 e. The SMILES string of the molecule is Cc1ccc(NC(=O)COc2cc(F)ccc2[N+](=O)[O-])cc1C. The number of hydrogen-bond donors (Lipinski definition) is 1. The summed E-state index contributed by atoms with van der Waals surface area (Å²) in [6.07, 6.45) is 0.